The SMILES string of the molecule is Cc1cc(/C=C(/C#N)C(=O)NC2=NCCS2)c(C)n1C[C@@H]1CCCO1. The predicted molar refractivity (Wildman–Crippen MR) is 99.4 cm³/mol. The smallest absolute Gasteiger partial charge is 0.267 e. The Labute approximate surface area is 151 Å². The summed E-state index contributed by atoms with van der Waals surface area (Å²) in [6.07, 6.45) is 4.09. The number of amidine groups is 1. The molecule has 1 aromatic heterocycles. The fourth-order valence-corrected chi connectivity index (χ4v) is 3.85. The largest absolute Gasteiger partial charge is 0.376 e. The number of aliphatic imine (C=N–C) groups is 1. The molecule has 1 N–H and O–H groups in total. The van der Waals surface area contributed by atoms with Crippen LogP contribution in [-0.4, -0.2) is 40.7 Å². The zero-order valence-corrected chi connectivity index (χ0v) is 15.4. The lowest BCUT2D eigenvalue weighted by atomic mass is 10.1. The second kappa shape index (κ2) is 7.89. The highest BCUT2D eigenvalue weighted by Gasteiger charge is 2.20. The first-order chi connectivity index (χ1) is 12.1. The molecule has 25 heavy (non-hydrogen) atoms. The zero-order valence-electron chi connectivity index (χ0n) is 14.5. The van der Waals surface area contributed by atoms with Gasteiger partial charge in [-0.25, -0.2) is 0 Å². The first kappa shape index (κ1) is 17.8. The van der Waals surface area contributed by atoms with Gasteiger partial charge in [-0.3, -0.25) is 9.79 Å². The maximum atomic E-state index is 12.3. The average molecular weight is 358 g/mol. The Balaban J connectivity index is 1.78. The molecule has 1 aromatic rings. The van der Waals surface area contributed by atoms with Gasteiger partial charge >= 0.3 is 0 Å². The summed E-state index contributed by atoms with van der Waals surface area (Å²) < 4.78 is 7.92. The molecule has 0 radical (unpaired) electrons. The Hall–Kier alpha value is -2.04. The van der Waals surface area contributed by atoms with Gasteiger partial charge in [-0.15, -0.1) is 0 Å². The average Bonchev–Trinajstić information content (AvgIpc) is 3.32. The van der Waals surface area contributed by atoms with Crippen LogP contribution in [0.1, 0.15) is 29.8 Å². The Morgan fingerprint density at radius 1 is 1.60 bits per heavy atom. The van der Waals surface area contributed by atoms with E-state index < -0.39 is 5.91 Å². The van der Waals surface area contributed by atoms with Crippen LogP contribution in [0.25, 0.3) is 6.08 Å². The topological polar surface area (TPSA) is 79.4 Å². The zero-order chi connectivity index (χ0) is 17.8. The molecule has 1 saturated heterocycles. The van der Waals surface area contributed by atoms with Crippen molar-refractivity contribution in [3.63, 3.8) is 0 Å². The third-order valence-corrected chi connectivity index (χ3v) is 5.39. The van der Waals surface area contributed by atoms with E-state index in [4.69, 9.17) is 4.74 Å². The van der Waals surface area contributed by atoms with Gasteiger partial charge in [0.2, 0.25) is 0 Å². The molecule has 7 heteroatoms. The third kappa shape index (κ3) is 4.14. The normalized spacial score (nSPS) is 20.4. The van der Waals surface area contributed by atoms with Crippen LogP contribution < -0.4 is 5.32 Å². The summed E-state index contributed by atoms with van der Waals surface area (Å²) in [5.41, 5.74) is 3.13. The Bertz CT molecular complexity index is 767. The van der Waals surface area contributed by atoms with Crippen molar-refractivity contribution in [2.24, 2.45) is 4.99 Å². The highest BCUT2D eigenvalue weighted by molar-refractivity contribution is 8.14. The van der Waals surface area contributed by atoms with Crippen molar-refractivity contribution < 1.29 is 9.53 Å². The summed E-state index contributed by atoms with van der Waals surface area (Å²) in [6, 6.07) is 4.01. The second-order valence-corrected chi connectivity index (χ2v) is 7.32. The molecule has 1 fully saturated rings. The van der Waals surface area contributed by atoms with Crippen LogP contribution in [0.5, 0.6) is 0 Å². The Morgan fingerprint density at radius 3 is 3.08 bits per heavy atom. The number of thioether (sulfide) groups is 1. The summed E-state index contributed by atoms with van der Waals surface area (Å²) in [5, 5.41) is 12.7. The van der Waals surface area contributed by atoms with Crippen molar-refractivity contribution >= 4 is 28.9 Å². The van der Waals surface area contributed by atoms with Gasteiger partial charge in [-0.1, -0.05) is 11.8 Å². The fraction of sp³-hybridized carbons (Fsp3) is 0.500. The van der Waals surface area contributed by atoms with Crippen molar-refractivity contribution in [2.75, 3.05) is 18.9 Å². The van der Waals surface area contributed by atoms with E-state index in [-0.39, 0.29) is 11.7 Å². The molecule has 6 nitrogen and oxygen atoms in total. The lowest BCUT2D eigenvalue weighted by molar-refractivity contribution is -0.115. The summed E-state index contributed by atoms with van der Waals surface area (Å²) in [7, 11) is 0. The van der Waals surface area contributed by atoms with Gasteiger partial charge in [-0.05, 0) is 44.4 Å². The minimum atomic E-state index is -0.403. The standard InChI is InChI=1S/C18H22N4O2S/c1-12-8-14(13(2)22(12)11-16-4-3-6-24-16)9-15(10-19)17(23)21-18-20-5-7-25-18/h8-9,16H,3-7,11H2,1-2H3,(H,20,21,23)/b15-9-/t16-/m0/s1. The number of hydrogen-bond donors (Lipinski definition) is 1. The summed E-state index contributed by atoms with van der Waals surface area (Å²) >= 11 is 1.50. The highest BCUT2D eigenvalue weighted by atomic mass is 32.2. The second-order valence-electron chi connectivity index (χ2n) is 6.23. The van der Waals surface area contributed by atoms with Gasteiger partial charge in [0.1, 0.15) is 11.6 Å². The van der Waals surface area contributed by atoms with Crippen LogP contribution in [-0.2, 0) is 16.1 Å². The number of ether oxygens (including phenoxy) is 1. The molecule has 0 aromatic carbocycles. The number of hydrogen-bond acceptors (Lipinski definition) is 5. The van der Waals surface area contributed by atoms with Gasteiger partial charge in [0, 0.05) is 30.3 Å². The molecule has 1 amide bonds. The van der Waals surface area contributed by atoms with E-state index in [2.05, 4.69) is 14.9 Å². The van der Waals surface area contributed by atoms with Crippen LogP contribution in [0.15, 0.2) is 16.6 Å². The molecule has 2 aliphatic rings. The van der Waals surface area contributed by atoms with Crippen LogP contribution in [0, 0.1) is 25.2 Å². The van der Waals surface area contributed by atoms with Crippen LogP contribution in [0.4, 0.5) is 0 Å². The Kier molecular flexibility index (Phi) is 5.61. The van der Waals surface area contributed by atoms with E-state index in [1.54, 1.807) is 6.08 Å². The van der Waals surface area contributed by atoms with Crippen LogP contribution in [0.3, 0.4) is 0 Å². The van der Waals surface area contributed by atoms with E-state index >= 15 is 0 Å². The minimum Gasteiger partial charge on any atom is -0.376 e. The van der Waals surface area contributed by atoms with Gasteiger partial charge in [-0.2, -0.15) is 5.26 Å². The number of aromatic nitrogens is 1. The third-order valence-electron chi connectivity index (χ3n) is 4.49. The number of nitrogens with one attached hydrogen (secondary N) is 1. The maximum absolute atomic E-state index is 12.3. The van der Waals surface area contributed by atoms with E-state index in [0.29, 0.717) is 11.7 Å². The molecule has 0 bridgehead atoms. The van der Waals surface area contributed by atoms with Crippen molar-refractivity contribution in [3.8, 4) is 6.07 Å². The van der Waals surface area contributed by atoms with E-state index in [1.165, 1.54) is 11.8 Å². The number of amides is 1. The quantitative estimate of drug-likeness (QED) is 0.662. The molecular formula is C18H22N4O2S. The number of carbonyl (C=O) groups is 1. The first-order valence-corrected chi connectivity index (χ1v) is 9.45. The van der Waals surface area contributed by atoms with Crippen molar-refractivity contribution in [1.82, 2.24) is 9.88 Å². The van der Waals surface area contributed by atoms with Gasteiger partial charge < -0.3 is 14.6 Å². The van der Waals surface area contributed by atoms with Gasteiger partial charge in [0.15, 0.2) is 5.17 Å². The fourth-order valence-electron chi connectivity index (χ4n) is 3.13. The van der Waals surface area contributed by atoms with E-state index in [0.717, 1.165) is 48.7 Å². The van der Waals surface area contributed by atoms with Crippen LogP contribution in [0.2, 0.25) is 0 Å². The number of carbonyl (C=O) groups excluding carboxylic acids is 1. The molecule has 0 unspecified atom stereocenters. The minimum absolute atomic E-state index is 0.0903. The molecule has 3 rings (SSSR count). The molecule has 1 atom stereocenters. The molecule has 0 spiro atoms. The van der Waals surface area contributed by atoms with Crippen LogP contribution >= 0.6 is 11.8 Å². The maximum Gasteiger partial charge on any atom is 0.267 e. The van der Waals surface area contributed by atoms with E-state index in [9.17, 15) is 10.1 Å². The van der Waals surface area contributed by atoms with Crippen molar-refractivity contribution in [3.05, 3.63) is 28.6 Å². The number of aryl methyl sites for hydroxylation is 1. The lowest BCUT2D eigenvalue weighted by Crippen LogP contribution is -2.28. The van der Waals surface area contributed by atoms with Crippen molar-refractivity contribution in [1.29, 1.82) is 5.26 Å². The molecular weight excluding hydrogens is 336 g/mol. The molecule has 2 aliphatic heterocycles. The number of nitrogens with zero attached hydrogens (tertiary/aromatic N) is 3. The Morgan fingerprint density at radius 2 is 2.44 bits per heavy atom. The van der Waals surface area contributed by atoms with E-state index in [1.807, 2.05) is 26.0 Å². The van der Waals surface area contributed by atoms with Gasteiger partial charge in [0.05, 0.1) is 12.6 Å². The number of nitriles is 1. The molecule has 3 heterocycles. The predicted octanol–water partition coefficient (Wildman–Crippen LogP) is 2.41. The monoisotopic (exact) mass is 358 g/mol. The highest BCUT2D eigenvalue weighted by Crippen LogP contribution is 2.22. The lowest BCUT2D eigenvalue weighted by Gasteiger charge is -2.14. The molecule has 132 valence electrons. The summed E-state index contributed by atoms with van der Waals surface area (Å²) in [6.45, 7) is 6.40. The van der Waals surface area contributed by atoms with Crippen molar-refractivity contribution in [2.45, 2.75) is 39.3 Å². The first-order valence-electron chi connectivity index (χ1n) is 8.47. The summed E-state index contributed by atoms with van der Waals surface area (Å²) in [5.74, 6) is 0.464. The number of rotatable bonds is 4. The summed E-state index contributed by atoms with van der Waals surface area (Å²) in [4.78, 5) is 16.5. The molecule has 0 aliphatic carbocycles. The van der Waals surface area contributed by atoms with Gasteiger partial charge in [0.25, 0.3) is 5.91 Å². The molecule has 0 saturated carbocycles.